The molecule has 6 heteroatoms. The van der Waals surface area contributed by atoms with Gasteiger partial charge in [-0.25, -0.2) is 4.79 Å². The summed E-state index contributed by atoms with van der Waals surface area (Å²) in [5, 5.41) is 13.8. The maximum Gasteiger partial charge on any atom is 0.336 e. The maximum absolute atomic E-state index is 11.7. The van der Waals surface area contributed by atoms with Gasteiger partial charge >= 0.3 is 5.97 Å². The number of rotatable bonds is 6. The number of hydrogen-bond acceptors (Lipinski definition) is 4. The fraction of sp³-hybridized carbons (Fsp3) is 0.150. The summed E-state index contributed by atoms with van der Waals surface area (Å²) in [7, 11) is 1.50. The van der Waals surface area contributed by atoms with Gasteiger partial charge in [0.05, 0.1) is 25.4 Å². The highest BCUT2D eigenvalue weighted by atomic mass is 16.5. The molecule has 0 bridgehead atoms. The fourth-order valence-electron chi connectivity index (χ4n) is 2.78. The van der Waals surface area contributed by atoms with Gasteiger partial charge in [0, 0.05) is 11.1 Å². The van der Waals surface area contributed by atoms with Crippen molar-refractivity contribution in [3.05, 3.63) is 71.0 Å². The first-order valence-electron chi connectivity index (χ1n) is 8.01. The van der Waals surface area contributed by atoms with Crippen LogP contribution in [0.15, 0.2) is 48.7 Å². The van der Waals surface area contributed by atoms with Crippen LogP contribution in [0.25, 0.3) is 11.1 Å². The molecule has 1 N–H and O–H groups in total. The lowest BCUT2D eigenvalue weighted by atomic mass is 10.00. The van der Waals surface area contributed by atoms with Crippen molar-refractivity contribution in [2.75, 3.05) is 7.11 Å². The first-order valence-corrected chi connectivity index (χ1v) is 8.01. The molecule has 0 fully saturated rings. The molecule has 0 unspecified atom stereocenters. The Morgan fingerprint density at radius 1 is 1.19 bits per heavy atom. The number of aromatic nitrogens is 2. The summed E-state index contributed by atoms with van der Waals surface area (Å²) in [6.45, 7) is 2.42. The van der Waals surface area contributed by atoms with Gasteiger partial charge in [-0.3, -0.25) is 9.48 Å². The molecule has 1 aromatic heterocycles. The van der Waals surface area contributed by atoms with Gasteiger partial charge in [-0.05, 0) is 30.7 Å². The number of aryl methyl sites for hydroxylation is 1. The van der Waals surface area contributed by atoms with Crippen LogP contribution in [0.1, 0.15) is 32.0 Å². The lowest BCUT2D eigenvalue weighted by molar-refractivity contribution is 0.0697. The number of hydrogen-bond donors (Lipinski definition) is 1. The number of carboxylic acids is 1. The van der Waals surface area contributed by atoms with Crippen molar-refractivity contribution in [2.45, 2.75) is 13.5 Å². The standard InChI is InChI=1S/C20H18N2O4/c1-13-3-5-14(6-4-13)11-22-19(12-23)18(10-21-22)17-9-15(26-2)7-8-16(17)20(24)25/h3-10,12H,11H2,1-2H3,(H,24,25). The second kappa shape index (κ2) is 7.23. The van der Waals surface area contributed by atoms with Crippen LogP contribution in [0.5, 0.6) is 5.75 Å². The van der Waals surface area contributed by atoms with E-state index in [4.69, 9.17) is 4.74 Å². The molecule has 0 atom stereocenters. The average Bonchev–Trinajstić information content (AvgIpc) is 3.05. The molecule has 1 heterocycles. The van der Waals surface area contributed by atoms with Crippen LogP contribution in [-0.2, 0) is 6.54 Å². The lowest BCUT2D eigenvalue weighted by Crippen LogP contribution is -2.07. The molecule has 2 aromatic carbocycles. The molecule has 0 aliphatic rings. The highest BCUT2D eigenvalue weighted by Crippen LogP contribution is 2.30. The Kier molecular flexibility index (Phi) is 4.84. The number of carbonyl (C=O) groups is 2. The van der Waals surface area contributed by atoms with E-state index in [0.29, 0.717) is 35.4 Å². The van der Waals surface area contributed by atoms with Crippen LogP contribution in [0.4, 0.5) is 0 Å². The van der Waals surface area contributed by atoms with E-state index in [1.165, 1.54) is 19.4 Å². The number of carboxylic acid groups (broad SMARTS) is 1. The zero-order chi connectivity index (χ0) is 18.7. The molecule has 0 spiro atoms. The minimum Gasteiger partial charge on any atom is -0.497 e. The summed E-state index contributed by atoms with van der Waals surface area (Å²) in [5.74, 6) is -0.570. The van der Waals surface area contributed by atoms with Gasteiger partial charge in [0.2, 0.25) is 0 Å². The molecular weight excluding hydrogens is 332 g/mol. The predicted molar refractivity (Wildman–Crippen MR) is 96.8 cm³/mol. The van der Waals surface area contributed by atoms with E-state index in [0.717, 1.165) is 11.1 Å². The average molecular weight is 350 g/mol. The van der Waals surface area contributed by atoms with Gasteiger partial charge in [0.25, 0.3) is 0 Å². The number of benzene rings is 2. The van der Waals surface area contributed by atoms with E-state index in [1.54, 1.807) is 16.8 Å². The quantitative estimate of drug-likeness (QED) is 0.689. The highest BCUT2D eigenvalue weighted by molar-refractivity contribution is 5.99. The van der Waals surface area contributed by atoms with Gasteiger partial charge < -0.3 is 9.84 Å². The minimum atomic E-state index is -1.08. The molecular formula is C20H18N2O4. The molecule has 0 saturated heterocycles. The van der Waals surface area contributed by atoms with Crippen molar-refractivity contribution in [1.82, 2.24) is 9.78 Å². The van der Waals surface area contributed by atoms with Crippen molar-refractivity contribution < 1.29 is 19.4 Å². The number of nitrogens with zero attached hydrogens (tertiary/aromatic N) is 2. The number of methoxy groups -OCH3 is 1. The third-order valence-corrected chi connectivity index (χ3v) is 4.19. The SMILES string of the molecule is COc1ccc(C(=O)O)c(-c2cnn(Cc3ccc(C)cc3)c2C=O)c1. The largest absolute Gasteiger partial charge is 0.497 e. The monoisotopic (exact) mass is 350 g/mol. The summed E-state index contributed by atoms with van der Waals surface area (Å²) in [5.41, 5.74) is 3.41. The van der Waals surface area contributed by atoms with Crippen LogP contribution < -0.4 is 4.74 Å². The highest BCUT2D eigenvalue weighted by Gasteiger charge is 2.19. The molecule has 0 aliphatic heterocycles. The predicted octanol–water partition coefficient (Wildman–Crippen LogP) is 3.43. The second-order valence-corrected chi connectivity index (χ2v) is 5.92. The number of aldehydes is 1. The maximum atomic E-state index is 11.7. The van der Waals surface area contributed by atoms with Crippen LogP contribution >= 0.6 is 0 Å². The Bertz CT molecular complexity index is 958. The number of ether oxygens (including phenoxy) is 1. The van der Waals surface area contributed by atoms with Crippen LogP contribution in [-0.4, -0.2) is 34.3 Å². The van der Waals surface area contributed by atoms with E-state index >= 15 is 0 Å². The summed E-state index contributed by atoms with van der Waals surface area (Å²) >= 11 is 0. The second-order valence-electron chi connectivity index (χ2n) is 5.92. The van der Waals surface area contributed by atoms with Gasteiger partial charge in [-0.15, -0.1) is 0 Å². The molecule has 3 rings (SSSR count). The third kappa shape index (κ3) is 3.35. The Balaban J connectivity index is 2.07. The molecule has 0 saturated carbocycles. The Hall–Kier alpha value is -3.41. The van der Waals surface area contributed by atoms with Crippen molar-refractivity contribution in [3.63, 3.8) is 0 Å². The molecule has 132 valence electrons. The van der Waals surface area contributed by atoms with E-state index < -0.39 is 5.97 Å². The summed E-state index contributed by atoms with van der Waals surface area (Å²) in [6.07, 6.45) is 2.21. The van der Waals surface area contributed by atoms with E-state index in [2.05, 4.69) is 5.10 Å². The Morgan fingerprint density at radius 2 is 1.92 bits per heavy atom. The topological polar surface area (TPSA) is 81.4 Å². The smallest absolute Gasteiger partial charge is 0.336 e. The first kappa shape index (κ1) is 17.4. The fourth-order valence-corrected chi connectivity index (χ4v) is 2.78. The minimum absolute atomic E-state index is 0.0868. The van der Waals surface area contributed by atoms with Crippen molar-refractivity contribution in [3.8, 4) is 16.9 Å². The summed E-state index contributed by atoms with van der Waals surface area (Å²) in [4.78, 5) is 23.3. The zero-order valence-electron chi connectivity index (χ0n) is 14.5. The normalized spacial score (nSPS) is 10.5. The summed E-state index contributed by atoms with van der Waals surface area (Å²) in [6, 6.07) is 12.6. The zero-order valence-corrected chi connectivity index (χ0v) is 14.5. The van der Waals surface area contributed by atoms with Gasteiger partial charge in [0.15, 0.2) is 6.29 Å². The molecule has 3 aromatic rings. The first-order chi connectivity index (χ1) is 12.5. The molecule has 0 radical (unpaired) electrons. The van der Waals surface area contributed by atoms with E-state index in [1.807, 2.05) is 31.2 Å². The Labute approximate surface area is 150 Å². The van der Waals surface area contributed by atoms with Crippen molar-refractivity contribution >= 4 is 12.3 Å². The third-order valence-electron chi connectivity index (χ3n) is 4.19. The van der Waals surface area contributed by atoms with Gasteiger partial charge in [0.1, 0.15) is 11.4 Å². The van der Waals surface area contributed by atoms with Crippen molar-refractivity contribution in [2.24, 2.45) is 0 Å². The lowest BCUT2D eigenvalue weighted by Gasteiger charge is -2.09. The summed E-state index contributed by atoms with van der Waals surface area (Å²) < 4.78 is 6.76. The molecule has 6 nitrogen and oxygen atoms in total. The van der Waals surface area contributed by atoms with Crippen LogP contribution in [0.2, 0.25) is 0 Å². The van der Waals surface area contributed by atoms with Crippen molar-refractivity contribution in [1.29, 1.82) is 0 Å². The number of aromatic carboxylic acids is 1. The van der Waals surface area contributed by atoms with E-state index in [9.17, 15) is 14.7 Å². The molecule has 0 aliphatic carbocycles. The Morgan fingerprint density at radius 3 is 2.54 bits per heavy atom. The molecule has 0 amide bonds. The van der Waals surface area contributed by atoms with Crippen LogP contribution in [0, 0.1) is 6.92 Å². The van der Waals surface area contributed by atoms with E-state index in [-0.39, 0.29) is 5.56 Å². The molecule has 26 heavy (non-hydrogen) atoms. The van der Waals surface area contributed by atoms with Gasteiger partial charge in [-0.1, -0.05) is 29.8 Å². The van der Waals surface area contributed by atoms with Crippen LogP contribution in [0.3, 0.4) is 0 Å². The number of carbonyl (C=O) groups excluding carboxylic acids is 1. The van der Waals surface area contributed by atoms with Gasteiger partial charge in [-0.2, -0.15) is 5.10 Å².